The molecule has 142 valence electrons. The number of nitrogens with one attached hydrogen (secondary N) is 1. The van der Waals surface area contributed by atoms with E-state index in [4.69, 9.17) is 10.2 Å². The standard InChI is InChI=1S/C16H19F2N3O4S/c17-13-5-4-11(8-14(13)18)20-16(23)15-9-12(26(19,24)25)10-21(15)6-2-1-3-7-22/h4-5,8-10,22H,1-3,6-7H2,(H,20,23)(H2,19,24,25). The molecule has 0 unspecified atom stereocenters. The zero-order valence-corrected chi connectivity index (χ0v) is 14.6. The Morgan fingerprint density at radius 1 is 1.15 bits per heavy atom. The second-order valence-corrected chi connectivity index (χ2v) is 7.23. The smallest absolute Gasteiger partial charge is 0.272 e. The van der Waals surface area contributed by atoms with Crippen LogP contribution in [-0.4, -0.2) is 30.6 Å². The maximum Gasteiger partial charge on any atom is 0.272 e. The number of aliphatic hydroxyl groups excluding tert-OH is 1. The number of carbonyl (C=O) groups is 1. The molecule has 0 bridgehead atoms. The van der Waals surface area contributed by atoms with E-state index in [0.717, 1.165) is 18.2 Å². The van der Waals surface area contributed by atoms with Gasteiger partial charge in [-0.25, -0.2) is 22.3 Å². The molecule has 7 nitrogen and oxygen atoms in total. The lowest BCUT2D eigenvalue weighted by atomic mass is 10.2. The van der Waals surface area contributed by atoms with E-state index >= 15 is 0 Å². The molecular formula is C16H19F2N3O4S. The van der Waals surface area contributed by atoms with Crippen molar-refractivity contribution in [3.05, 3.63) is 47.8 Å². The molecular weight excluding hydrogens is 368 g/mol. The first-order valence-electron chi connectivity index (χ1n) is 7.82. The van der Waals surface area contributed by atoms with Gasteiger partial charge >= 0.3 is 0 Å². The van der Waals surface area contributed by atoms with Crippen molar-refractivity contribution < 1.29 is 27.1 Å². The second-order valence-electron chi connectivity index (χ2n) is 5.67. The number of halogens is 2. The van der Waals surface area contributed by atoms with Crippen LogP contribution in [0.15, 0.2) is 35.4 Å². The third kappa shape index (κ3) is 5.10. The highest BCUT2D eigenvalue weighted by atomic mass is 32.2. The van der Waals surface area contributed by atoms with Crippen LogP contribution in [0, 0.1) is 11.6 Å². The van der Waals surface area contributed by atoms with Gasteiger partial charge < -0.3 is 15.0 Å². The van der Waals surface area contributed by atoms with Gasteiger partial charge in [-0.2, -0.15) is 0 Å². The molecule has 0 saturated carbocycles. The number of aromatic nitrogens is 1. The second kappa shape index (κ2) is 8.39. The normalized spacial score (nSPS) is 11.5. The predicted octanol–water partition coefficient (Wildman–Crippen LogP) is 1.83. The number of aliphatic hydroxyl groups is 1. The molecule has 0 fully saturated rings. The number of hydrogen-bond acceptors (Lipinski definition) is 4. The van der Waals surface area contributed by atoms with Crippen molar-refractivity contribution in [3.63, 3.8) is 0 Å². The largest absolute Gasteiger partial charge is 0.396 e. The summed E-state index contributed by atoms with van der Waals surface area (Å²) in [4.78, 5) is 12.2. The van der Waals surface area contributed by atoms with Crippen LogP contribution in [0.1, 0.15) is 29.8 Å². The molecule has 2 rings (SSSR count). The van der Waals surface area contributed by atoms with Crippen molar-refractivity contribution in [3.8, 4) is 0 Å². The predicted molar refractivity (Wildman–Crippen MR) is 91.1 cm³/mol. The first-order valence-corrected chi connectivity index (χ1v) is 9.37. The molecule has 0 spiro atoms. The SMILES string of the molecule is NS(=O)(=O)c1cc(C(=O)Nc2ccc(F)c(F)c2)n(CCCCCO)c1. The molecule has 1 amide bonds. The average molecular weight is 387 g/mol. The van der Waals surface area contributed by atoms with Crippen LogP contribution in [0.4, 0.5) is 14.5 Å². The van der Waals surface area contributed by atoms with Crippen LogP contribution in [0.3, 0.4) is 0 Å². The van der Waals surface area contributed by atoms with Gasteiger partial charge in [0.25, 0.3) is 5.91 Å². The monoisotopic (exact) mass is 387 g/mol. The van der Waals surface area contributed by atoms with Crippen molar-refractivity contribution >= 4 is 21.6 Å². The summed E-state index contributed by atoms with van der Waals surface area (Å²) < 4.78 is 50.7. The van der Waals surface area contributed by atoms with E-state index in [0.29, 0.717) is 25.8 Å². The van der Waals surface area contributed by atoms with Crippen LogP contribution >= 0.6 is 0 Å². The quantitative estimate of drug-likeness (QED) is 0.600. The van der Waals surface area contributed by atoms with E-state index < -0.39 is 27.6 Å². The number of anilines is 1. The number of amides is 1. The maximum atomic E-state index is 13.3. The molecule has 0 atom stereocenters. The number of unbranched alkanes of at least 4 members (excludes halogenated alkanes) is 2. The molecule has 0 saturated heterocycles. The third-order valence-corrected chi connectivity index (χ3v) is 4.55. The van der Waals surface area contributed by atoms with Crippen molar-refractivity contribution in [1.29, 1.82) is 0 Å². The Kier molecular flexibility index (Phi) is 6.46. The minimum Gasteiger partial charge on any atom is -0.396 e. The summed E-state index contributed by atoms with van der Waals surface area (Å²) in [6.45, 7) is 0.369. The summed E-state index contributed by atoms with van der Waals surface area (Å²) >= 11 is 0. The minimum absolute atomic E-state index is 0.0164. The van der Waals surface area contributed by atoms with E-state index in [-0.39, 0.29) is 22.9 Å². The lowest BCUT2D eigenvalue weighted by molar-refractivity contribution is 0.101. The third-order valence-electron chi connectivity index (χ3n) is 3.67. The zero-order valence-electron chi connectivity index (χ0n) is 13.8. The fourth-order valence-corrected chi connectivity index (χ4v) is 2.90. The highest BCUT2D eigenvalue weighted by Gasteiger charge is 2.19. The van der Waals surface area contributed by atoms with E-state index in [1.807, 2.05) is 0 Å². The highest BCUT2D eigenvalue weighted by Crippen LogP contribution is 2.18. The van der Waals surface area contributed by atoms with E-state index in [1.165, 1.54) is 16.8 Å². The van der Waals surface area contributed by atoms with Crippen LogP contribution in [-0.2, 0) is 16.6 Å². The Morgan fingerprint density at radius 3 is 2.50 bits per heavy atom. The minimum atomic E-state index is -4.01. The van der Waals surface area contributed by atoms with Crippen molar-refractivity contribution in [2.45, 2.75) is 30.7 Å². The van der Waals surface area contributed by atoms with Gasteiger partial charge in [-0.05, 0) is 37.5 Å². The van der Waals surface area contributed by atoms with Gasteiger partial charge in [-0.15, -0.1) is 0 Å². The van der Waals surface area contributed by atoms with Crippen LogP contribution in [0.2, 0.25) is 0 Å². The molecule has 4 N–H and O–H groups in total. The summed E-state index contributed by atoms with van der Waals surface area (Å²) in [6.07, 6.45) is 3.11. The highest BCUT2D eigenvalue weighted by molar-refractivity contribution is 7.89. The lowest BCUT2D eigenvalue weighted by Crippen LogP contribution is -2.17. The summed E-state index contributed by atoms with van der Waals surface area (Å²) in [7, 11) is -4.01. The molecule has 1 aromatic carbocycles. The molecule has 1 heterocycles. The molecule has 0 aliphatic carbocycles. The number of primary sulfonamides is 1. The fourth-order valence-electron chi connectivity index (χ4n) is 2.35. The topological polar surface area (TPSA) is 114 Å². The van der Waals surface area contributed by atoms with Crippen molar-refractivity contribution in [2.75, 3.05) is 11.9 Å². The van der Waals surface area contributed by atoms with E-state index in [1.54, 1.807) is 0 Å². The maximum absolute atomic E-state index is 13.3. The first kappa shape index (κ1) is 20.0. The van der Waals surface area contributed by atoms with Gasteiger partial charge in [0, 0.05) is 31.1 Å². The van der Waals surface area contributed by atoms with Crippen molar-refractivity contribution in [1.82, 2.24) is 4.57 Å². The van der Waals surface area contributed by atoms with E-state index in [2.05, 4.69) is 5.32 Å². The van der Waals surface area contributed by atoms with Gasteiger partial charge in [-0.3, -0.25) is 4.79 Å². The summed E-state index contributed by atoms with van der Waals surface area (Å²) in [6, 6.07) is 4.00. The summed E-state index contributed by atoms with van der Waals surface area (Å²) in [5.74, 6) is -2.85. The van der Waals surface area contributed by atoms with Gasteiger partial charge in [0.2, 0.25) is 10.0 Å². The Bertz CT molecular complexity index is 897. The molecule has 1 aromatic heterocycles. The molecule has 26 heavy (non-hydrogen) atoms. The van der Waals surface area contributed by atoms with Gasteiger partial charge in [-0.1, -0.05) is 0 Å². The molecule has 10 heteroatoms. The average Bonchev–Trinajstić information content (AvgIpc) is 3.00. The molecule has 0 aliphatic rings. The molecule has 2 aromatic rings. The lowest BCUT2D eigenvalue weighted by Gasteiger charge is -2.10. The number of benzene rings is 1. The number of aryl methyl sites for hydroxylation is 1. The van der Waals surface area contributed by atoms with Crippen LogP contribution in [0.25, 0.3) is 0 Å². The number of carbonyl (C=O) groups excluding carboxylic acids is 1. The Morgan fingerprint density at radius 2 is 1.88 bits per heavy atom. The van der Waals surface area contributed by atoms with Gasteiger partial charge in [0.15, 0.2) is 11.6 Å². The number of hydrogen-bond donors (Lipinski definition) is 3. The molecule has 0 aliphatic heterocycles. The summed E-state index contributed by atoms with van der Waals surface area (Å²) in [5, 5.41) is 16.3. The Hall–Kier alpha value is -2.30. The molecule has 0 radical (unpaired) electrons. The zero-order chi connectivity index (χ0) is 19.3. The number of sulfonamides is 1. The van der Waals surface area contributed by atoms with Gasteiger partial charge in [0.05, 0.1) is 0 Å². The number of nitrogens with zero attached hydrogens (tertiary/aromatic N) is 1. The summed E-state index contributed by atoms with van der Waals surface area (Å²) in [5.41, 5.74) is 0.0434. The Labute approximate surface area is 149 Å². The number of nitrogens with two attached hydrogens (primary N) is 1. The van der Waals surface area contributed by atoms with Crippen molar-refractivity contribution in [2.24, 2.45) is 5.14 Å². The van der Waals surface area contributed by atoms with Crippen LogP contribution in [0.5, 0.6) is 0 Å². The fraction of sp³-hybridized carbons (Fsp3) is 0.312. The Balaban J connectivity index is 2.25. The van der Waals surface area contributed by atoms with E-state index in [9.17, 15) is 22.0 Å². The van der Waals surface area contributed by atoms with Gasteiger partial charge in [0.1, 0.15) is 10.6 Å². The van der Waals surface area contributed by atoms with Crippen LogP contribution < -0.4 is 10.5 Å². The number of rotatable bonds is 8. The first-order chi connectivity index (χ1) is 12.2.